The Balaban J connectivity index is 2.10. The molecular formula is C9H12N4OS. The van der Waals surface area contributed by atoms with Crippen molar-refractivity contribution in [3.05, 3.63) is 17.5 Å². The molecule has 5 nitrogen and oxygen atoms in total. The summed E-state index contributed by atoms with van der Waals surface area (Å²) >= 11 is 1.57. The minimum atomic E-state index is -0.131. The molecule has 1 N–H and O–H groups in total. The first kappa shape index (κ1) is 10.2. The zero-order valence-corrected chi connectivity index (χ0v) is 9.47. The highest BCUT2D eigenvalue weighted by Gasteiger charge is 2.16. The van der Waals surface area contributed by atoms with Crippen LogP contribution < -0.4 is 5.32 Å². The Kier molecular flexibility index (Phi) is 2.77. The van der Waals surface area contributed by atoms with Gasteiger partial charge in [-0.25, -0.2) is 0 Å². The van der Waals surface area contributed by atoms with Crippen molar-refractivity contribution in [2.45, 2.75) is 6.92 Å². The lowest BCUT2D eigenvalue weighted by Crippen LogP contribution is -2.27. The van der Waals surface area contributed by atoms with E-state index in [1.165, 1.54) is 0 Å². The van der Waals surface area contributed by atoms with Gasteiger partial charge in [0.05, 0.1) is 17.8 Å². The van der Waals surface area contributed by atoms with Crippen molar-refractivity contribution in [1.82, 2.24) is 15.1 Å². The maximum Gasteiger partial charge on any atom is 0.260 e. The number of hydrogen-bond donors (Lipinski definition) is 1. The Morgan fingerprint density at radius 3 is 3.00 bits per heavy atom. The van der Waals surface area contributed by atoms with Crippen molar-refractivity contribution in [3.8, 4) is 0 Å². The van der Waals surface area contributed by atoms with Gasteiger partial charge in [0.25, 0.3) is 5.91 Å². The molecule has 1 aliphatic rings. The summed E-state index contributed by atoms with van der Waals surface area (Å²) in [5.74, 6) is 0.815. The first-order chi connectivity index (χ1) is 7.16. The van der Waals surface area contributed by atoms with E-state index in [4.69, 9.17) is 0 Å². The molecule has 6 heteroatoms. The number of carbonyl (C=O) groups excluding carboxylic acids is 1. The number of thioether (sulfide) groups is 1. The molecule has 0 bridgehead atoms. The maximum atomic E-state index is 11.8. The minimum absolute atomic E-state index is 0.131. The van der Waals surface area contributed by atoms with Crippen molar-refractivity contribution < 1.29 is 4.79 Å². The van der Waals surface area contributed by atoms with Gasteiger partial charge in [0.15, 0.2) is 5.17 Å². The fraction of sp³-hybridized carbons (Fsp3) is 0.444. The summed E-state index contributed by atoms with van der Waals surface area (Å²) in [7, 11) is 1.80. The van der Waals surface area contributed by atoms with E-state index in [1.54, 1.807) is 29.7 Å². The van der Waals surface area contributed by atoms with Crippen LogP contribution in [0.4, 0.5) is 0 Å². The maximum absolute atomic E-state index is 11.8. The van der Waals surface area contributed by atoms with Crippen LogP contribution in [0.3, 0.4) is 0 Å². The second-order valence-corrected chi connectivity index (χ2v) is 4.37. The van der Waals surface area contributed by atoms with Crippen LogP contribution >= 0.6 is 11.8 Å². The Labute approximate surface area is 92.0 Å². The summed E-state index contributed by atoms with van der Waals surface area (Å²) in [5.41, 5.74) is 1.34. The van der Waals surface area contributed by atoms with Crippen molar-refractivity contribution in [2.75, 3.05) is 12.3 Å². The summed E-state index contributed by atoms with van der Waals surface area (Å²) < 4.78 is 1.63. The van der Waals surface area contributed by atoms with Crippen LogP contribution in [0, 0.1) is 6.92 Å². The molecule has 0 fully saturated rings. The number of amidine groups is 1. The third kappa shape index (κ3) is 2.20. The minimum Gasteiger partial charge on any atom is -0.301 e. The quantitative estimate of drug-likeness (QED) is 0.758. The van der Waals surface area contributed by atoms with Crippen LogP contribution in [0.25, 0.3) is 0 Å². The Morgan fingerprint density at radius 2 is 2.47 bits per heavy atom. The standard InChI is InChI=1S/C9H12N4OS/c1-6-7(5-13(2)12-6)8(14)11-9-10-3-4-15-9/h5H,3-4H2,1-2H3,(H,10,11,14). The van der Waals surface area contributed by atoms with E-state index in [-0.39, 0.29) is 5.91 Å². The van der Waals surface area contributed by atoms with E-state index in [9.17, 15) is 4.79 Å². The van der Waals surface area contributed by atoms with Gasteiger partial charge in [-0.1, -0.05) is 11.8 Å². The largest absolute Gasteiger partial charge is 0.301 e. The molecule has 15 heavy (non-hydrogen) atoms. The fourth-order valence-electron chi connectivity index (χ4n) is 1.40. The summed E-state index contributed by atoms with van der Waals surface area (Å²) in [4.78, 5) is 15.9. The first-order valence-electron chi connectivity index (χ1n) is 4.65. The Bertz CT molecular complexity index is 424. The lowest BCUT2D eigenvalue weighted by molar-refractivity contribution is 0.0977. The second-order valence-electron chi connectivity index (χ2n) is 3.29. The Hall–Kier alpha value is -1.30. The van der Waals surface area contributed by atoms with Gasteiger partial charge in [-0.05, 0) is 6.92 Å². The van der Waals surface area contributed by atoms with Crippen LogP contribution in [0.1, 0.15) is 16.1 Å². The second kappa shape index (κ2) is 4.06. The van der Waals surface area contributed by atoms with Crippen LogP contribution in [0.15, 0.2) is 11.2 Å². The third-order valence-electron chi connectivity index (χ3n) is 2.06. The number of nitrogens with zero attached hydrogens (tertiary/aromatic N) is 3. The van der Waals surface area contributed by atoms with Crippen molar-refractivity contribution in [3.63, 3.8) is 0 Å². The SMILES string of the molecule is Cc1nn(C)cc1C(=O)NC1=NCCS1. The summed E-state index contributed by atoms with van der Waals surface area (Å²) in [6.45, 7) is 2.60. The highest BCUT2D eigenvalue weighted by Crippen LogP contribution is 2.11. The molecule has 0 spiro atoms. The topological polar surface area (TPSA) is 59.3 Å². The molecule has 0 radical (unpaired) electrons. The van der Waals surface area contributed by atoms with Gasteiger partial charge in [-0.3, -0.25) is 14.5 Å². The lowest BCUT2D eigenvalue weighted by Gasteiger charge is -2.01. The molecule has 0 saturated carbocycles. The smallest absolute Gasteiger partial charge is 0.260 e. The van der Waals surface area contributed by atoms with Gasteiger partial charge in [0, 0.05) is 19.0 Å². The molecule has 1 aromatic rings. The molecule has 1 aliphatic heterocycles. The number of carbonyl (C=O) groups is 1. The summed E-state index contributed by atoms with van der Waals surface area (Å²) in [6, 6.07) is 0. The Morgan fingerprint density at radius 1 is 1.67 bits per heavy atom. The average molecular weight is 224 g/mol. The van der Waals surface area contributed by atoms with Gasteiger partial charge in [0.2, 0.25) is 0 Å². The van der Waals surface area contributed by atoms with Crippen molar-refractivity contribution in [2.24, 2.45) is 12.0 Å². The van der Waals surface area contributed by atoms with Crippen LogP contribution in [-0.4, -0.2) is 33.2 Å². The van der Waals surface area contributed by atoms with E-state index in [2.05, 4.69) is 15.4 Å². The van der Waals surface area contributed by atoms with Gasteiger partial charge >= 0.3 is 0 Å². The van der Waals surface area contributed by atoms with E-state index >= 15 is 0 Å². The molecule has 1 aromatic heterocycles. The van der Waals surface area contributed by atoms with Crippen LogP contribution in [-0.2, 0) is 7.05 Å². The molecule has 0 aromatic carbocycles. The van der Waals surface area contributed by atoms with Gasteiger partial charge in [0.1, 0.15) is 0 Å². The molecule has 0 aliphatic carbocycles. The zero-order valence-electron chi connectivity index (χ0n) is 8.65. The molecule has 2 heterocycles. The number of aryl methyl sites for hydroxylation is 2. The average Bonchev–Trinajstić information content (AvgIpc) is 2.75. The highest BCUT2D eigenvalue weighted by atomic mass is 32.2. The molecule has 1 amide bonds. The van der Waals surface area contributed by atoms with Crippen LogP contribution in [0.2, 0.25) is 0 Å². The molecule has 0 atom stereocenters. The lowest BCUT2D eigenvalue weighted by atomic mass is 10.2. The van der Waals surface area contributed by atoms with E-state index < -0.39 is 0 Å². The first-order valence-corrected chi connectivity index (χ1v) is 5.64. The van der Waals surface area contributed by atoms with Crippen molar-refractivity contribution in [1.29, 1.82) is 0 Å². The molecule has 0 unspecified atom stereocenters. The molecular weight excluding hydrogens is 212 g/mol. The van der Waals surface area contributed by atoms with Gasteiger partial charge < -0.3 is 5.32 Å². The van der Waals surface area contributed by atoms with E-state index in [0.29, 0.717) is 10.7 Å². The zero-order chi connectivity index (χ0) is 10.8. The molecule has 80 valence electrons. The predicted octanol–water partition coefficient (Wildman–Crippen LogP) is 0.561. The molecule has 0 saturated heterocycles. The summed E-state index contributed by atoms with van der Waals surface area (Å²) in [5, 5.41) is 7.60. The normalized spacial score (nSPS) is 15.2. The number of aliphatic imine (C=N–C) groups is 1. The van der Waals surface area contributed by atoms with Crippen LogP contribution in [0.5, 0.6) is 0 Å². The third-order valence-corrected chi connectivity index (χ3v) is 2.96. The van der Waals surface area contributed by atoms with Gasteiger partial charge in [-0.15, -0.1) is 0 Å². The molecule has 2 rings (SSSR count). The van der Waals surface area contributed by atoms with E-state index in [0.717, 1.165) is 18.0 Å². The van der Waals surface area contributed by atoms with Crippen molar-refractivity contribution >= 4 is 22.8 Å². The number of rotatable bonds is 1. The fourth-order valence-corrected chi connectivity index (χ4v) is 2.12. The number of amides is 1. The number of aromatic nitrogens is 2. The number of hydrogen-bond acceptors (Lipinski definition) is 4. The predicted molar refractivity (Wildman–Crippen MR) is 60.2 cm³/mol. The summed E-state index contributed by atoms with van der Waals surface area (Å²) in [6.07, 6.45) is 1.71. The monoisotopic (exact) mass is 224 g/mol. The highest BCUT2D eigenvalue weighted by molar-refractivity contribution is 8.14. The van der Waals surface area contributed by atoms with Gasteiger partial charge in [-0.2, -0.15) is 5.10 Å². The number of nitrogens with one attached hydrogen (secondary N) is 1. The van der Waals surface area contributed by atoms with E-state index in [1.807, 2.05) is 6.92 Å².